The lowest BCUT2D eigenvalue weighted by Crippen LogP contribution is -2.39. The van der Waals surface area contributed by atoms with Gasteiger partial charge in [0, 0.05) is 13.1 Å². The Kier molecular flexibility index (Phi) is 6.80. The van der Waals surface area contributed by atoms with Crippen molar-refractivity contribution in [2.75, 3.05) is 13.1 Å². The van der Waals surface area contributed by atoms with Crippen molar-refractivity contribution in [3.05, 3.63) is 35.4 Å². The molecule has 0 aliphatic carbocycles. The molecule has 0 saturated carbocycles. The van der Waals surface area contributed by atoms with Crippen LogP contribution in [0.2, 0.25) is 0 Å². The van der Waals surface area contributed by atoms with E-state index in [9.17, 15) is 13.2 Å². The maximum atomic E-state index is 12.4. The lowest BCUT2D eigenvalue weighted by molar-refractivity contribution is -0.118. The molecule has 0 fully saturated rings. The summed E-state index contributed by atoms with van der Waals surface area (Å²) >= 11 is 0. The van der Waals surface area contributed by atoms with Gasteiger partial charge in [0.1, 0.15) is 0 Å². The smallest absolute Gasteiger partial charge is 0.232 e. The minimum absolute atomic E-state index is 0.155. The predicted molar refractivity (Wildman–Crippen MR) is 82.6 cm³/mol. The van der Waals surface area contributed by atoms with Crippen LogP contribution in [0.1, 0.15) is 30.9 Å². The van der Waals surface area contributed by atoms with E-state index in [2.05, 4.69) is 0 Å². The number of hydrogen-bond acceptors (Lipinski definition) is 4. The van der Waals surface area contributed by atoms with E-state index in [1.54, 1.807) is 18.2 Å². The molecule has 7 heteroatoms. The van der Waals surface area contributed by atoms with Crippen molar-refractivity contribution < 1.29 is 13.2 Å². The summed E-state index contributed by atoms with van der Waals surface area (Å²) in [5.41, 5.74) is 12.2. The predicted octanol–water partition coefficient (Wildman–Crippen LogP) is 0.563. The molecule has 0 heterocycles. The summed E-state index contributed by atoms with van der Waals surface area (Å²) in [4.78, 5) is 11.1. The van der Waals surface area contributed by atoms with Crippen LogP contribution >= 0.6 is 0 Å². The lowest BCUT2D eigenvalue weighted by Gasteiger charge is -2.20. The van der Waals surface area contributed by atoms with Crippen LogP contribution in [0.5, 0.6) is 0 Å². The fourth-order valence-electron chi connectivity index (χ4n) is 1.97. The Balaban J connectivity index is 2.90. The third kappa shape index (κ3) is 5.82. The van der Waals surface area contributed by atoms with Crippen molar-refractivity contribution in [1.82, 2.24) is 4.31 Å². The minimum Gasteiger partial charge on any atom is -0.369 e. The van der Waals surface area contributed by atoms with E-state index in [1.165, 1.54) is 0 Å². The van der Waals surface area contributed by atoms with Gasteiger partial charge in [0.15, 0.2) is 0 Å². The molecule has 118 valence electrons. The fourth-order valence-corrected chi connectivity index (χ4v) is 3.49. The number of benzene rings is 1. The van der Waals surface area contributed by atoms with Crippen LogP contribution in [0.25, 0.3) is 0 Å². The monoisotopic (exact) mass is 313 g/mol. The Morgan fingerprint density at radius 1 is 1.29 bits per heavy atom. The highest BCUT2D eigenvalue weighted by atomic mass is 32.2. The number of nitrogens with two attached hydrogens (primary N) is 2. The van der Waals surface area contributed by atoms with Gasteiger partial charge in [0.25, 0.3) is 0 Å². The number of carbonyl (C=O) groups excluding carboxylic acids is 1. The lowest BCUT2D eigenvalue weighted by atomic mass is 10.1. The first kappa shape index (κ1) is 17.6. The Morgan fingerprint density at radius 2 is 1.95 bits per heavy atom. The number of hydrogen-bond donors (Lipinski definition) is 2. The van der Waals surface area contributed by atoms with Crippen LogP contribution in [-0.2, 0) is 27.1 Å². The zero-order valence-corrected chi connectivity index (χ0v) is 13.1. The first-order chi connectivity index (χ1) is 9.89. The van der Waals surface area contributed by atoms with E-state index in [0.29, 0.717) is 25.1 Å². The van der Waals surface area contributed by atoms with Gasteiger partial charge in [-0.05, 0) is 17.5 Å². The molecular weight excluding hydrogens is 290 g/mol. The molecule has 6 nitrogen and oxygen atoms in total. The average molecular weight is 313 g/mol. The summed E-state index contributed by atoms with van der Waals surface area (Å²) in [6.07, 6.45) is 1.53. The molecule has 0 aromatic heterocycles. The molecular formula is C14H23N3O3S. The van der Waals surface area contributed by atoms with Gasteiger partial charge in [0.2, 0.25) is 15.9 Å². The molecule has 1 amide bonds. The Morgan fingerprint density at radius 3 is 2.52 bits per heavy atom. The summed E-state index contributed by atoms with van der Waals surface area (Å²) in [6.45, 7) is 2.34. The first-order valence-corrected chi connectivity index (χ1v) is 8.54. The van der Waals surface area contributed by atoms with E-state index in [1.807, 2.05) is 13.0 Å². The molecule has 0 spiro atoms. The molecule has 0 aliphatic rings. The molecule has 0 bridgehead atoms. The average Bonchev–Trinajstić information content (AvgIpc) is 2.42. The molecule has 1 aromatic carbocycles. The first-order valence-electron chi connectivity index (χ1n) is 6.93. The highest BCUT2D eigenvalue weighted by Crippen LogP contribution is 2.13. The summed E-state index contributed by atoms with van der Waals surface area (Å²) in [6, 6.07) is 7.12. The highest BCUT2D eigenvalue weighted by molar-refractivity contribution is 7.88. The SMILES string of the molecule is CCCCN(CC(N)=O)S(=O)(=O)Cc1cccc(CN)c1. The summed E-state index contributed by atoms with van der Waals surface area (Å²) in [7, 11) is -3.58. The van der Waals surface area contributed by atoms with Gasteiger partial charge < -0.3 is 11.5 Å². The van der Waals surface area contributed by atoms with Crippen LogP contribution in [0.15, 0.2) is 24.3 Å². The van der Waals surface area contributed by atoms with Crippen molar-refractivity contribution in [2.24, 2.45) is 11.5 Å². The Bertz CT molecular complexity index is 573. The number of nitrogens with zero attached hydrogens (tertiary/aromatic N) is 1. The zero-order valence-electron chi connectivity index (χ0n) is 12.3. The molecule has 0 unspecified atom stereocenters. The Hall–Kier alpha value is -1.44. The van der Waals surface area contributed by atoms with Gasteiger partial charge in [-0.1, -0.05) is 37.6 Å². The molecule has 1 rings (SSSR count). The number of primary amides is 1. The van der Waals surface area contributed by atoms with Crippen LogP contribution in [0, 0.1) is 0 Å². The van der Waals surface area contributed by atoms with Crippen molar-refractivity contribution in [1.29, 1.82) is 0 Å². The maximum absolute atomic E-state index is 12.4. The van der Waals surface area contributed by atoms with Crippen LogP contribution in [0.4, 0.5) is 0 Å². The fraction of sp³-hybridized carbons (Fsp3) is 0.500. The number of carbonyl (C=O) groups is 1. The highest BCUT2D eigenvalue weighted by Gasteiger charge is 2.23. The molecule has 0 aliphatic heterocycles. The summed E-state index contributed by atoms with van der Waals surface area (Å²) in [5.74, 6) is -0.803. The van der Waals surface area contributed by atoms with E-state index < -0.39 is 15.9 Å². The second-order valence-corrected chi connectivity index (χ2v) is 6.90. The topological polar surface area (TPSA) is 106 Å². The van der Waals surface area contributed by atoms with Crippen molar-refractivity contribution in [3.63, 3.8) is 0 Å². The van der Waals surface area contributed by atoms with Gasteiger partial charge >= 0.3 is 0 Å². The number of unbranched alkanes of at least 4 members (excludes halogenated alkanes) is 1. The molecule has 0 saturated heterocycles. The van der Waals surface area contributed by atoms with E-state index in [4.69, 9.17) is 11.5 Å². The van der Waals surface area contributed by atoms with Crippen LogP contribution in [0.3, 0.4) is 0 Å². The second-order valence-electron chi connectivity index (χ2n) is 4.93. The number of rotatable bonds is 9. The second kappa shape index (κ2) is 8.11. The van der Waals surface area contributed by atoms with Gasteiger partial charge in [-0.3, -0.25) is 4.79 Å². The van der Waals surface area contributed by atoms with Gasteiger partial charge in [-0.2, -0.15) is 4.31 Å². The van der Waals surface area contributed by atoms with Gasteiger partial charge in [-0.15, -0.1) is 0 Å². The Labute approximate surface area is 126 Å². The van der Waals surface area contributed by atoms with Gasteiger partial charge in [0.05, 0.1) is 12.3 Å². The molecule has 1 aromatic rings. The normalized spacial score (nSPS) is 11.8. The third-order valence-corrected chi connectivity index (χ3v) is 4.86. The molecule has 0 radical (unpaired) electrons. The quantitative estimate of drug-likeness (QED) is 0.694. The van der Waals surface area contributed by atoms with E-state index in [0.717, 1.165) is 16.3 Å². The van der Waals surface area contributed by atoms with Crippen molar-refractivity contribution >= 4 is 15.9 Å². The van der Waals surface area contributed by atoms with E-state index in [-0.39, 0.29) is 12.3 Å². The largest absolute Gasteiger partial charge is 0.369 e. The standard InChI is InChI=1S/C14H23N3O3S/c1-2-3-7-17(10-14(16)18)21(19,20)11-13-6-4-5-12(8-13)9-15/h4-6,8H,2-3,7,9-11,15H2,1H3,(H2,16,18). The van der Waals surface area contributed by atoms with Crippen LogP contribution < -0.4 is 11.5 Å². The van der Waals surface area contributed by atoms with Crippen molar-refractivity contribution in [2.45, 2.75) is 32.1 Å². The molecule has 21 heavy (non-hydrogen) atoms. The van der Waals surface area contributed by atoms with E-state index >= 15 is 0 Å². The van der Waals surface area contributed by atoms with Gasteiger partial charge in [-0.25, -0.2) is 8.42 Å². The number of sulfonamides is 1. The zero-order chi connectivity index (χ0) is 15.9. The number of amides is 1. The summed E-state index contributed by atoms with van der Waals surface area (Å²) in [5, 5.41) is 0. The molecule has 0 atom stereocenters. The van der Waals surface area contributed by atoms with Crippen LogP contribution in [-0.4, -0.2) is 31.7 Å². The summed E-state index contributed by atoms with van der Waals surface area (Å²) < 4.78 is 26.0. The third-order valence-electron chi connectivity index (χ3n) is 3.06. The minimum atomic E-state index is -3.58. The molecule has 4 N–H and O–H groups in total. The maximum Gasteiger partial charge on any atom is 0.232 e. The van der Waals surface area contributed by atoms with Crippen molar-refractivity contribution in [3.8, 4) is 0 Å².